The maximum atomic E-state index is 11.7. The predicted molar refractivity (Wildman–Crippen MR) is 133 cm³/mol. The first-order valence-corrected chi connectivity index (χ1v) is 12.7. The van der Waals surface area contributed by atoms with Gasteiger partial charge in [0, 0.05) is 22.6 Å². The minimum Gasteiger partial charge on any atom is -0.307 e. The summed E-state index contributed by atoms with van der Waals surface area (Å²) in [6, 6.07) is 19.0. The van der Waals surface area contributed by atoms with Gasteiger partial charge in [0.05, 0.1) is 0 Å². The van der Waals surface area contributed by atoms with Crippen molar-refractivity contribution >= 4 is 40.1 Å². The minimum atomic E-state index is -0.319. The zero-order valence-electron chi connectivity index (χ0n) is 16.6. The number of Topliss-reactive ketones (excluding diaryl/α,β-unsaturated/α-hetero) is 2. The molecule has 2 aliphatic heterocycles. The Balaban J connectivity index is 0.000000197. The average molecular weight is 439 g/mol. The standard InChI is InChI=1S/2C12H12OS.CH2O/c2*13-12(10-14-8-4-5-9-14)11-6-2-1-3-7-11;1-2/h2*1-9,14H,10H2;1H2. The monoisotopic (exact) mass is 438 g/mol. The maximum absolute atomic E-state index is 11.7. The fourth-order valence-corrected chi connectivity index (χ4v) is 5.64. The van der Waals surface area contributed by atoms with Crippen molar-refractivity contribution in [2.75, 3.05) is 11.5 Å². The molecule has 2 heterocycles. The number of thiol groups is 2. The molecule has 0 fully saturated rings. The van der Waals surface area contributed by atoms with Crippen molar-refractivity contribution in [1.29, 1.82) is 0 Å². The average Bonchev–Trinajstić information content (AvgIpc) is 3.51. The van der Waals surface area contributed by atoms with E-state index in [1.807, 2.05) is 91.8 Å². The molecule has 4 rings (SSSR count). The number of benzene rings is 2. The minimum absolute atomic E-state index is 0.243. The summed E-state index contributed by atoms with van der Waals surface area (Å²) in [5.41, 5.74) is 1.65. The van der Waals surface area contributed by atoms with E-state index in [9.17, 15) is 9.59 Å². The van der Waals surface area contributed by atoms with E-state index in [1.54, 1.807) is 0 Å². The second kappa shape index (κ2) is 13.4. The molecular weight excluding hydrogens is 412 g/mol. The summed E-state index contributed by atoms with van der Waals surface area (Å²) in [5.74, 6) is 1.78. The Morgan fingerprint density at radius 3 is 1.17 bits per heavy atom. The number of allylic oxidation sites excluding steroid dienone is 4. The number of ketones is 2. The molecule has 2 aromatic carbocycles. The van der Waals surface area contributed by atoms with Crippen LogP contribution in [0.3, 0.4) is 0 Å². The lowest BCUT2D eigenvalue weighted by Crippen LogP contribution is -2.03. The Morgan fingerprint density at radius 1 is 0.567 bits per heavy atom. The van der Waals surface area contributed by atoms with Gasteiger partial charge < -0.3 is 4.79 Å². The zero-order chi connectivity index (χ0) is 21.6. The molecule has 0 spiro atoms. The SMILES string of the molecule is C=O.O=C(C[SH]1C=CC=C1)c1ccccc1.O=C(C[SH]1C=CC=C1)c1ccccc1. The summed E-state index contributed by atoms with van der Waals surface area (Å²) in [4.78, 5) is 31.5. The number of hydrogen-bond acceptors (Lipinski definition) is 3. The Hall–Kier alpha value is -2.89. The normalized spacial score (nSPS) is 15.2. The van der Waals surface area contributed by atoms with Gasteiger partial charge in [-0.15, -0.1) is 0 Å². The van der Waals surface area contributed by atoms with Crippen molar-refractivity contribution in [3.05, 3.63) is 118 Å². The van der Waals surface area contributed by atoms with Crippen molar-refractivity contribution in [1.82, 2.24) is 0 Å². The Kier molecular flexibility index (Phi) is 10.4. The van der Waals surface area contributed by atoms with Crippen LogP contribution in [0, 0.1) is 0 Å². The lowest BCUT2D eigenvalue weighted by atomic mass is 10.2. The molecule has 0 bridgehead atoms. The van der Waals surface area contributed by atoms with Crippen LogP contribution in [0.15, 0.2) is 107 Å². The zero-order valence-corrected chi connectivity index (χ0v) is 18.4. The van der Waals surface area contributed by atoms with Gasteiger partial charge in [-0.3, -0.25) is 9.59 Å². The lowest BCUT2D eigenvalue weighted by molar-refractivity contribution is -0.0980. The van der Waals surface area contributed by atoms with Crippen molar-refractivity contribution in [2.24, 2.45) is 0 Å². The number of rotatable bonds is 6. The molecule has 5 heteroatoms. The highest BCUT2D eigenvalue weighted by molar-refractivity contribution is 8.23. The van der Waals surface area contributed by atoms with Crippen LogP contribution in [0.1, 0.15) is 20.7 Å². The topological polar surface area (TPSA) is 51.2 Å². The molecule has 0 saturated heterocycles. The van der Waals surface area contributed by atoms with Crippen molar-refractivity contribution in [3.8, 4) is 0 Å². The van der Waals surface area contributed by atoms with E-state index in [-0.39, 0.29) is 33.4 Å². The predicted octanol–water partition coefficient (Wildman–Crippen LogP) is 5.64. The number of hydrogen-bond donors (Lipinski definition) is 2. The Morgan fingerprint density at radius 2 is 0.867 bits per heavy atom. The molecule has 0 unspecified atom stereocenters. The summed E-state index contributed by atoms with van der Waals surface area (Å²) in [6.45, 7) is 2.00. The third-order valence-corrected chi connectivity index (χ3v) is 7.70. The van der Waals surface area contributed by atoms with Crippen molar-refractivity contribution < 1.29 is 14.4 Å². The quantitative estimate of drug-likeness (QED) is 0.453. The van der Waals surface area contributed by atoms with E-state index in [4.69, 9.17) is 4.79 Å². The van der Waals surface area contributed by atoms with Crippen LogP contribution < -0.4 is 0 Å². The van der Waals surface area contributed by atoms with Crippen molar-refractivity contribution in [2.45, 2.75) is 0 Å². The second-order valence-corrected chi connectivity index (χ2v) is 10.2. The van der Waals surface area contributed by atoms with Gasteiger partial charge in [-0.2, -0.15) is 0 Å². The van der Waals surface area contributed by atoms with Crippen LogP contribution in [-0.2, 0) is 4.79 Å². The van der Waals surface area contributed by atoms with Crippen LogP contribution in [0.25, 0.3) is 0 Å². The largest absolute Gasteiger partial charge is 0.307 e. The van der Waals surface area contributed by atoms with Crippen LogP contribution in [0.2, 0.25) is 0 Å². The van der Waals surface area contributed by atoms with E-state index in [1.165, 1.54) is 0 Å². The molecule has 0 radical (unpaired) electrons. The summed E-state index contributed by atoms with van der Waals surface area (Å²) < 4.78 is 0. The van der Waals surface area contributed by atoms with E-state index in [0.29, 0.717) is 11.5 Å². The third kappa shape index (κ3) is 7.85. The summed E-state index contributed by atoms with van der Waals surface area (Å²) in [5, 5.41) is 8.48. The van der Waals surface area contributed by atoms with Gasteiger partial charge in [-0.25, -0.2) is 21.8 Å². The fraction of sp³-hybridized carbons (Fsp3) is 0.0800. The van der Waals surface area contributed by atoms with E-state index >= 15 is 0 Å². The second-order valence-electron chi connectivity index (χ2n) is 6.29. The maximum Gasteiger partial charge on any atom is 0.171 e. The van der Waals surface area contributed by atoms with Gasteiger partial charge in [-0.05, 0) is 21.6 Å². The van der Waals surface area contributed by atoms with Crippen LogP contribution in [0.4, 0.5) is 0 Å². The number of carbonyl (C=O) groups is 3. The van der Waals surface area contributed by atoms with Crippen LogP contribution in [-0.4, -0.2) is 29.9 Å². The van der Waals surface area contributed by atoms with E-state index in [2.05, 4.69) is 21.6 Å². The van der Waals surface area contributed by atoms with Crippen molar-refractivity contribution in [3.63, 3.8) is 0 Å². The van der Waals surface area contributed by atoms with Gasteiger partial charge in [0.2, 0.25) is 0 Å². The molecule has 0 N–H and O–H groups in total. The van der Waals surface area contributed by atoms with Gasteiger partial charge in [0.25, 0.3) is 0 Å². The van der Waals surface area contributed by atoms with Gasteiger partial charge in [0.1, 0.15) is 6.79 Å². The first-order valence-electron chi connectivity index (χ1n) is 9.39. The third-order valence-electron chi connectivity index (χ3n) is 4.18. The highest BCUT2D eigenvalue weighted by Gasteiger charge is 2.09. The fourth-order valence-electron chi connectivity index (χ4n) is 2.71. The molecular formula is C25H26O3S2. The van der Waals surface area contributed by atoms with Gasteiger partial charge >= 0.3 is 0 Å². The summed E-state index contributed by atoms with van der Waals surface area (Å²) in [7, 11) is -0.638. The highest BCUT2D eigenvalue weighted by Crippen LogP contribution is 2.33. The van der Waals surface area contributed by atoms with Gasteiger partial charge in [-0.1, -0.05) is 85.0 Å². The molecule has 3 nitrogen and oxygen atoms in total. The smallest absolute Gasteiger partial charge is 0.171 e. The molecule has 0 saturated carbocycles. The van der Waals surface area contributed by atoms with E-state index < -0.39 is 0 Å². The van der Waals surface area contributed by atoms with Crippen LogP contribution in [0.5, 0.6) is 0 Å². The highest BCUT2D eigenvalue weighted by atomic mass is 32.2. The molecule has 0 amide bonds. The summed E-state index contributed by atoms with van der Waals surface area (Å²) in [6.07, 6.45) is 8.07. The first-order chi connectivity index (χ1) is 14.7. The lowest BCUT2D eigenvalue weighted by Gasteiger charge is -2.08. The molecule has 30 heavy (non-hydrogen) atoms. The molecule has 156 valence electrons. The first kappa shape index (κ1) is 23.4. The van der Waals surface area contributed by atoms with Crippen LogP contribution >= 0.6 is 21.8 Å². The Labute approximate surface area is 183 Å². The summed E-state index contributed by atoms with van der Waals surface area (Å²) >= 11 is 0. The molecule has 2 aromatic rings. The molecule has 0 aromatic heterocycles. The van der Waals surface area contributed by atoms with E-state index in [0.717, 1.165) is 11.1 Å². The Bertz CT molecular complexity index is 830. The molecule has 2 aliphatic rings. The number of carbonyl (C=O) groups excluding carboxylic acids is 3. The molecule has 0 aliphatic carbocycles. The molecule has 0 atom stereocenters. The van der Waals surface area contributed by atoms with Gasteiger partial charge in [0.15, 0.2) is 11.6 Å².